The number of nitrogens with zero attached hydrogens (tertiary/aromatic N) is 1. The molecule has 1 aliphatic heterocycles. The second kappa shape index (κ2) is 9.06. The van der Waals surface area contributed by atoms with Crippen LogP contribution in [0.4, 0.5) is 11.4 Å². The molecule has 3 N–H and O–H groups in total. The number of benzene rings is 3. The number of para-hydroxylation sites is 2. The Labute approximate surface area is 199 Å². The molecule has 0 saturated carbocycles. The molecule has 4 aromatic rings. The van der Waals surface area contributed by atoms with E-state index in [9.17, 15) is 9.59 Å². The van der Waals surface area contributed by atoms with Gasteiger partial charge in [-0.1, -0.05) is 48.5 Å². The molecule has 1 aromatic heterocycles. The highest BCUT2D eigenvalue weighted by Gasteiger charge is 2.31. The summed E-state index contributed by atoms with van der Waals surface area (Å²) in [6.45, 7) is 0.433. The van der Waals surface area contributed by atoms with E-state index in [1.807, 2.05) is 56.7 Å². The van der Waals surface area contributed by atoms with Gasteiger partial charge in [-0.3, -0.25) is 9.59 Å². The number of H-pyrrole nitrogens is 1. The molecule has 0 saturated heterocycles. The lowest BCUT2D eigenvalue weighted by atomic mass is 9.88. The second-order valence-electron chi connectivity index (χ2n) is 8.97. The molecule has 2 amide bonds. The van der Waals surface area contributed by atoms with Crippen LogP contribution in [0, 0.1) is 0 Å². The average molecular weight is 453 g/mol. The van der Waals surface area contributed by atoms with Crippen LogP contribution in [0.15, 0.2) is 79.0 Å². The van der Waals surface area contributed by atoms with Crippen molar-refractivity contribution < 1.29 is 9.59 Å². The van der Waals surface area contributed by atoms with Crippen molar-refractivity contribution in [3.05, 3.63) is 95.7 Å². The zero-order valence-electron chi connectivity index (χ0n) is 19.3. The molecule has 34 heavy (non-hydrogen) atoms. The molecule has 6 nitrogen and oxygen atoms in total. The molecule has 3 aromatic carbocycles. The average Bonchev–Trinajstić information content (AvgIpc) is 3.28. The Kier molecular flexibility index (Phi) is 5.80. The summed E-state index contributed by atoms with van der Waals surface area (Å²) in [7, 11) is 4.04. The number of hydrogen-bond donors (Lipinski definition) is 3. The van der Waals surface area contributed by atoms with Gasteiger partial charge in [0.1, 0.15) is 0 Å². The van der Waals surface area contributed by atoms with E-state index < -0.39 is 5.92 Å². The number of carbonyl (C=O) groups excluding carboxylic acids is 2. The summed E-state index contributed by atoms with van der Waals surface area (Å²) in [6, 6.07) is 24.2. The minimum absolute atomic E-state index is 0.0380. The van der Waals surface area contributed by atoms with Crippen molar-refractivity contribution in [1.82, 2.24) is 10.3 Å². The first-order valence-electron chi connectivity index (χ1n) is 11.5. The summed E-state index contributed by atoms with van der Waals surface area (Å²) < 4.78 is 0. The fourth-order valence-corrected chi connectivity index (χ4v) is 4.77. The van der Waals surface area contributed by atoms with E-state index in [0.29, 0.717) is 12.2 Å². The number of aromatic amines is 1. The molecular weight excluding hydrogens is 424 g/mol. The molecule has 2 atom stereocenters. The maximum atomic E-state index is 13.3. The lowest BCUT2D eigenvalue weighted by molar-refractivity contribution is -0.126. The highest BCUT2D eigenvalue weighted by atomic mass is 16.2. The maximum Gasteiger partial charge on any atom is 0.228 e. The summed E-state index contributed by atoms with van der Waals surface area (Å²) in [5, 5.41) is 7.16. The number of carbonyl (C=O) groups is 2. The molecule has 0 spiro atoms. The van der Waals surface area contributed by atoms with Crippen molar-refractivity contribution in [2.24, 2.45) is 0 Å². The Morgan fingerprint density at radius 3 is 2.56 bits per heavy atom. The molecule has 172 valence electrons. The van der Waals surface area contributed by atoms with Gasteiger partial charge in [0.2, 0.25) is 11.8 Å². The number of amides is 2. The third-order valence-corrected chi connectivity index (χ3v) is 6.61. The Hall–Kier alpha value is -4.06. The van der Waals surface area contributed by atoms with Gasteiger partial charge in [-0.25, -0.2) is 0 Å². The number of fused-ring (bicyclic) bond motifs is 2. The van der Waals surface area contributed by atoms with E-state index in [2.05, 4.69) is 56.9 Å². The summed E-state index contributed by atoms with van der Waals surface area (Å²) in [5.41, 5.74) is 6.02. The van der Waals surface area contributed by atoms with E-state index in [4.69, 9.17) is 0 Å². The van der Waals surface area contributed by atoms with Gasteiger partial charge in [-0.15, -0.1) is 0 Å². The van der Waals surface area contributed by atoms with Crippen LogP contribution in [-0.4, -0.2) is 37.4 Å². The number of anilines is 2. The molecule has 0 radical (unpaired) electrons. The Balaban J connectivity index is 1.45. The van der Waals surface area contributed by atoms with Crippen LogP contribution in [0.1, 0.15) is 34.9 Å². The zero-order chi connectivity index (χ0) is 23.7. The Morgan fingerprint density at radius 1 is 1.03 bits per heavy atom. The number of nitrogens with one attached hydrogen (secondary N) is 3. The van der Waals surface area contributed by atoms with E-state index in [0.717, 1.165) is 33.3 Å². The molecule has 1 aliphatic rings. The van der Waals surface area contributed by atoms with Gasteiger partial charge in [0, 0.05) is 61.5 Å². The highest BCUT2D eigenvalue weighted by Crippen LogP contribution is 2.34. The predicted octanol–water partition coefficient (Wildman–Crippen LogP) is 4.61. The molecule has 0 fully saturated rings. The topological polar surface area (TPSA) is 77.2 Å². The van der Waals surface area contributed by atoms with Crippen LogP contribution in [0.2, 0.25) is 0 Å². The Morgan fingerprint density at radius 2 is 1.76 bits per heavy atom. The highest BCUT2D eigenvalue weighted by molar-refractivity contribution is 6.01. The van der Waals surface area contributed by atoms with Gasteiger partial charge < -0.3 is 20.5 Å². The summed E-state index contributed by atoms with van der Waals surface area (Å²) >= 11 is 0. The molecular formula is C28H28N4O2. The summed E-state index contributed by atoms with van der Waals surface area (Å²) in [4.78, 5) is 31.0. The molecule has 6 heteroatoms. The lowest BCUT2D eigenvalue weighted by Crippen LogP contribution is -2.37. The molecule has 2 heterocycles. The van der Waals surface area contributed by atoms with Crippen molar-refractivity contribution in [1.29, 1.82) is 0 Å². The van der Waals surface area contributed by atoms with Crippen molar-refractivity contribution >= 4 is 34.1 Å². The molecule has 5 rings (SSSR count). The van der Waals surface area contributed by atoms with E-state index in [-0.39, 0.29) is 24.2 Å². The third-order valence-electron chi connectivity index (χ3n) is 6.61. The first-order valence-corrected chi connectivity index (χ1v) is 11.5. The monoisotopic (exact) mass is 452 g/mol. The van der Waals surface area contributed by atoms with Crippen molar-refractivity contribution in [3.63, 3.8) is 0 Å². The SMILES string of the molecule is CN(C)c1ccc(C(CNC(=O)C2CC(=O)Nc3ccccc32)c2c[nH]c3ccccc23)cc1. The first kappa shape index (κ1) is 21.8. The predicted molar refractivity (Wildman–Crippen MR) is 136 cm³/mol. The van der Waals surface area contributed by atoms with Crippen LogP contribution in [0.25, 0.3) is 10.9 Å². The smallest absolute Gasteiger partial charge is 0.228 e. The lowest BCUT2D eigenvalue weighted by Gasteiger charge is -2.26. The minimum Gasteiger partial charge on any atom is -0.378 e. The van der Waals surface area contributed by atoms with Crippen LogP contribution in [0.3, 0.4) is 0 Å². The van der Waals surface area contributed by atoms with Gasteiger partial charge in [0.05, 0.1) is 5.92 Å². The van der Waals surface area contributed by atoms with Gasteiger partial charge in [-0.2, -0.15) is 0 Å². The summed E-state index contributed by atoms with van der Waals surface area (Å²) in [5.74, 6) is -0.794. The normalized spacial score (nSPS) is 15.9. The largest absolute Gasteiger partial charge is 0.378 e. The Bertz CT molecular complexity index is 1340. The number of hydrogen-bond acceptors (Lipinski definition) is 3. The van der Waals surface area contributed by atoms with Crippen molar-refractivity contribution in [2.75, 3.05) is 30.9 Å². The number of rotatable bonds is 6. The van der Waals surface area contributed by atoms with Crippen molar-refractivity contribution in [3.8, 4) is 0 Å². The quantitative estimate of drug-likeness (QED) is 0.400. The zero-order valence-corrected chi connectivity index (χ0v) is 19.3. The molecule has 0 aliphatic carbocycles. The van der Waals surface area contributed by atoms with E-state index in [1.54, 1.807) is 0 Å². The van der Waals surface area contributed by atoms with Crippen LogP contribution in [0.5, 0.6) is 0 Å². The van der Waals surface area contributed by atoms with Gasteiger partial charge in [0.25, 0.3) is 0 Å². The maximum absolute atomic E-state index is 13.3. The molecule has 0 bridgehead atoms. The third kappa shape index (κ3) is 4.15. The van der Waals surface area contributed by atoms with Gasteiger partial charge in [-0.05, 0) is 41.0 Å². The minimum atomic E-state index is -0.496. The van der Waals surface area contributed by atoms with Crippen LogP contribution < -0.4 is 15.5 Å². The fourth-order valence-electron chi connectivity index (χ4n) is 4.77. The van der Waals surface area contributed by atoms with E-state index >= 15 is 0 Å². The van der Waals surface area contributed by atoms with E-state index in [1.165, 1.54) is 0 Å². The van der Waals surface area contributed by atoms with Gasteiger partial charge >= 0.3 is 0 Å². The molecule has 2 unspecified atom stereocenters. The van der Waals surface area contributed by atoms with Crippen LogP contribution in [-0.2, 0) is 9.59 Å². The fraction of sp³-hybridized carbons (Fsp3) is 0.214. The second-order valence-corrected chi connectivity index (χ2v) is 8.97. The first-order chi connectivity index (χ1) is 16.5. The van der Waals surface area contributed by atoms with Gasteiger partial charge in [0.15, 0.2) is 0 Å². The van der Waals surface area contributed by atoms with Crippen molar-refractivity contribution in [2.45, 2.75) is 18.3 Å². The standard InChI is InChI=1S/C28H28N4O2/c1-32(2)19-13-11-18(12-14-19)23(24-17-29-25-9-5-3-8-21(24)25)16-30-28(34)22-15-27(33)31-26-10-6-4-7-20(22)26/h3-14,17,22-23,29H,15-16H2,1-2H3,(H,30,34)(H,31,33). The number of aromatic nitrogens is 1. The van der Waals surface area contributed by atoms with Crippen LogP contribution >= 0.6 is 0 Å². The summed E-state index contributed by atoms with van der Waals surface area (Å²) in [6.07, 6.45) is 2.18.